The highest BCUT2D eigenvalue weighted by molar-refractivity contribution is 5.67. The molecule has 2 aromatic heterocycles. The number of halogens is 1. The van der Waals surface area contributed by atoms with Gasteiger partial charge in [0.1, 0.15) is 11.6 Å². The van der Waals surface area contributed by atoms with Crippen LogP contribution < -0.4 is 4.90 Å². The molecule has 28 heavy (non-hydrogen) atoms. The quantitative estimate of drug-likeness (QED) is 0.636. The third-order valence-corrected chi connectivity index (χ3v) is 6.14. The SMILES string of the molecule is C[C@@H]1C[C@@H](C)CN(c2c3c(nc4cc(-c5cccc(F)c5)nn24)CCCC3)C1. The van der Waals surface area contributed by atoms with E-state index in [4.69, 9.17) is 10.1 Å². The van der Waals surface area contributed by atoms with Crippen molar-refractivity contribution in [2.24, 2.45) is 11.8 Å². The topological polar surface area (TPSA) is 33.4 Å². The highest BCUT2D eigenvalue weighted by atomic mass is 19.1. The second-order valence-electron chi connectivity index (χ2n) is 8.73. The smallest absolute Gasteiger partial charge is 0.158 e. The highest BCUT2D eigenvalue weighted by Gasteiger charge is 2.29. The van der Waals surface area contributed by atoms with Gasteiger partial charge in [0.15, 0.2) is 5.65 Å². The van der Waals surface area contributed by atoms with Crippen molar-refractivity contribution in [2.75, 3.05) is 18.0 Å². The van der Waals surface area contributed by atoms with Crippen LogP contribution in [-0.4, -0.2) is 27.7 Å². The van der Waals surface area contributed by atoms with E-state index in [2.05, 4.69) is 18.7 Å². The molecule has 0 N–H and O–H groups in total. The third kappa shape index (κ3) is 3.07. The molecule has 1 aromatic carbocycles. The second-order valence-corrected chi connectivity index (χ2v) is 8.73. The van der Waals surface area contributed by atoms with E-state index in [1.807, 2.05) is 16.6 Å². The van der Waals surface area contributed by atoms with E-state index in [1.165, 1.54) is 42.4 Å². The van der Waals surface area contributed by atoms with E-state index >= 15 is 0 Å². The molecule has 2 atom stereocenters. The number of hydrogen-bond acceptors (Lipinski definition) is 3. The minimum Gasteiger partial charge on any atom is -0.356 e. The van der Waals surface area contributed by atoms with Crippen LogP contribution >= 0.6 is 0 Å². The van der Waals surface area contributed by atoms with Crippen LogP contribution in [0.4, 0.5) is 10.2 Å². The molecule has 0 unspecified atom stereocenters. The maximum atomic E-state index is 13.8. The first-order valence-electron chi connectivity index (χ1n) is 10.5. The van der Waals surface area contributed by atoms with E-state index in [0.29, 0.717) is 11.8 Å². The zero-order valence-corrected chi connectivity index (χ0v) is 16.7. The predicted octanol–water partition coefficient (Wildman–Crippen LogP) is 4.90. The number of aromatic nitrogens is 3. The summed E-state index contributed by atoms with van der Waals surface area (Å²) in [6.45, 7) is 6.81. The molecule has 0 radical (unpaired) electrons. The Hall–Kier alpha value is -2.43. The van der Waals surface area contributed by atoms with Crippen molar-refractivity contribution in [2.45, 2.75) is 46.0 Å². The largest absolute Gasteiger partial charge is 0.356 e. The summed E-state index contributed by atoms with van der Waals surface area (Å²) in [4.78, 5) is 7.49. The minimum atomic E-state index is -0.235. The highest BCUT2D eigenvalue weighted by Crippen LogP contribution is 2.35. The molecule has 0 bridgehead atoms. The Morgan fingerprint density at radius 1 is 1.04 bits per heavy atom. The van der Waals surface area contributed by atoms with E-state index in [9.17, 15) is 4.39 Å². The summed E-state index contributed by atoms with van der Waals surface area (Å²) in [6.07, 6.45) is 5.80. The number of nitrogens with zero attached hydrogens (tertiary/aromatic N) is 4. The Labute approximate surface area is 165 Å². The lowest BCUT2D eigenvalue weighted by Gasteiger charge is -2.38. The summed E-state index contributed by atoms with van der Waals surface area (Å²) in [5.74, 6) is 2.33. The van der Waals surface area contributed by atoms with Gasteiger partial charge in [-0.15, -0.1) is 0 Å². The van der Waals surface area contributed by atoms with Gasteiger partial charge in [0, 0.05) is 36.0 Å². The number of fused-ring (bicyclic) bond motifs is 2. The zero-order valence-electron chi connectivity index (χ0n) is 16.7. The second kappa shape index (κ2) is 6.87. The van der Waals surface area contributed by atoms with Crippen LogP contribution in [0.15, 0.2) is 30.3 Å². The Balaban J connectivity index is 1.70. The van der Waals surface area contributed by atoms with Gasteiger partial charge < -0.3 is 4.90 Å². The van der Waals surface area contributed by atoms with Gasteiger partial charge in [-0.2, -0.15) is 9.61 Å². The fourth-order valence-corrected chi connectivity index (χ4v) is 5.08. The molecule has 0 spiro atoms. The van der Waals surface area contributed by atoms with Crippen LogP contribution in [0.5, 0.6) is 0 Å². The number of aryl methyl sites for hydroxylation is 1. The van der Waals surface area contributed by atoms with Crippen molar-refractivity contribution >= 4 is 11.5 Å². The van der Waals surface area contributed by atoms with Gasteiger partial charge in [0.2, 0.25) is 0 Å². The van der Waals surface area contributed by atoms with Crippen LogP contribution in [-0.2, 0) is 12.8 Å². The van der Waals surface area contributed by atoms with Gasteiger partial charge in [0.05, 0.1) is 5.69 Å². The zero-order chi connectivity index (χ0) is 19.3. The van der Waals surface area contributed by atoms with Crippen LogP contribution in [0.3, 0.4) is 0 Å². The van der Waals surface area contributed by atoms with Gasteiger partial charge >= 0.3 is 0 Å². The van der Waals surface area contributed by atoms with Gasteiger partial charge in [-0.3, -0.25) is 0 Å². The normalized spacial score (nSPS) is 22.5. The Kier molecular flexibility index (Phi) is 4.33. The number of piperidine rings is 1. The van der Waals surface area contributed by atoms with Crippen molar-refractivity contribution in [3.8, 4) is 11.3 Å². The van der Waals surface area contributed by atoms with Crippen molar-refractivity contribution in [1.29, 1.82) is 0 Å². The summed E-state index contributed by atoms with van der Waals surface area (Å²) in [6, 6.07) is 8.67. The lowest BCUT2D eigenvalue weighted by atomic mass is 9.90. The average molecular weight is 378 g/mol. The van der Waals surface area contributed by atoms with E-state index in [0.717, 1.165) is 42.8 Å². The van der Waals surface area contributed by atoms with Gasteiger partial charge in [-0.25, -0.2) is 9.37 Å². The first kappa shape index (κ1) is 17.7. The van der Waals surface area contributed by atoms with E-state index in [1.54, 1.807) is 12.1 Å². The fraction of sp³-hybridized carbons (Fsp3) is 0.478. The summed E-state index contributed by atoms with van der Waals surface area (Å²) in [5.41, 5.74) is 5.06. The maximum absolute atomic E-state index is 13.8. The van der Waals surface area contributed by atoms with E-state index in [-0.39, 0.29) is 5.82 Å². The summed E-state index contributed by atoms with van der Waals surface area (Å²) in [5, 5.41) is 4.90. The van der Waals surface area contributed by atoms with Gasteiger partial charge in [-0.1, -0.05) is 26.0 Å². The molecule has 1 aliphatic carbocycles. The monoisotopic (exact) mass is 378 g/mol. The molecule has 4 nitrogen and oxygen atoms in total. The van der Waals surface area contributed by atoms with Crippen molar-refractivity contribution < 1.29 is 4.39 Å². The van der Waals surface area contributed by atoms with Crippen LogP contribution in [0, 0.1) is 17.7 Å². The minimum absolute atomic E-state index is 0.235. The molecule has 5 rings (SSSR count). The molecule has 0 saturated carbocycles. The number of anilines is 1. The summed E-state index contributed by atoms with van der Waals surface area (Å²) < 4.78 is 15.8. The molecule has 146 valence electrons. The molecule has 5 heteroatoms. The third-order valence-electron chi connectivity index (χ3n) is 6.14. The standard InChI is InChI=1S/C23H27FN4/c1-15-10-16(2)14-27(13-15)23-19-8-3-4-9-20(19)25-22-12-21(26-28(22)23)17-6-5-7-18(24)11-17/h5-7,11-12,15-16H,3-4,8-10,13-14H2,1-2H3/t15-,16-/m1/s1. The molecule has 2 aliphatic rings. The Morgan fingerprint density at radius 3 is 2.61 bits per heavy atom. The summed E-state index contributed by atoms with van der Waals surface area (Å²) >= 11 is 0. The Morgan fingerprint density at radius 2 is 1.82 bits per heavy atom. The molecule has 1 saturated heterocycles. The van der Waals surface area contributed by atoms with Gasteiger partial charge in [-0.05, 0) is 56.1 Å². The lowest BCUT2D eigenvalue weighted by molar-refractivity contribution is 0.353. The van der Waals surface area contributed by atoms with Crippen LogP contribution in [0.1, 0.15) is 44.4 Å². The molecule has 1 aliphatic heterocycles. The summed E-state index contributed by atoms with van der Waals surface area (Å²) in [7, 11) is 0. The maximum Gasteiger partial charge on any atom is 0.158 e. The van der Waals surface area contributed by atoms with Gasteiger partial charge in [0.25, 0.3) is 0 Å². The van der Waals surface area contributed by atoms with E-state index < -0.39 is 0 Å². The van der Waals surface area contributed by atoms with Crippen molar-refractivity contribution in [3.05, 3.63) is 47.4 Å². The number of rotatable bonds is 2. The van der Waals surface area contributed by atoms with Crippen LogP contribution in [0.2, 0.25) is 0 Å². The van der Waals surface area contributed by atoms with Crippen molar-refractivity contribution in [1.82, 2.24) is 14.6 Å². The first-order chi connectivity index (χ1) is 13.6. The van der Waals surface area contributed by atoms with Crippen LogP contribution in [0.25, 0.3) is 16.9 Å². The molecule has 1 fully saturated rings. The molecular weight excluding hydrogens is 351 g/mol. The average Bonchev–Trinajstić information content (AvgIpc) is 3.08. The van der Waals surface area contributed by atoms with Crippen molar-refractivity contribution in [3.63, 3.8) is 0 Å². The Bertz CT molecular complexity index is 1010. The predicted molar refractivity (Wildman–Crippen MR) is 110 cm³/mol. The molecule has 3 aromatic rings. The molecule has 0 amide bonds. The lowest BCUT2D eigenvalue weighted by Crippen LogP contribution is -2.40. The number of hydrogen-bond donors (Lipinski definition) is 0. The number of benzene rings is 1. The first-order valence-corrected chi connectivity index (χ1v) is 10.5. The molecule has 3 heterocycles. The molecular formula is C23H27FN4. The fourth-order valence-electron chi connectivity index (χ4n) is 5.08.